The smallest absolute Gasteiger partial charge is 0.271 e. The fraction of sp³-hybridized carbons (Fsp3) is 0.611. The van der Waals surface area contributed by atoms with Crippen LogP contribution in [-0.4, -0.2) is 21.3 Å². The molecule has 1 saturated carbocycles. The first kappa shape index (κ1) is 15.8. The van der Waals surface area contributed by atoms with E-state index in [2.05, 4.69) is 10.3 Å². The molecule has 0 bridgehead atoms. The number of aryl methyl sites for hydroxylation is 2. The molecule has 0 unspecified atom stereocenters. The van der Waals surface area contributed by atoms with Crippen LogP contribution in [0.15, 0.2) is 11.0 Å². The summed E-state index contributed by atoms with van der Waals surface area (Å²) >= 11 is 1.58. The van der Waals surface area contributed by atoms with Gasteiger partial charge in [0.1, 0.15) is 5.56 Å². The van der Waals surface area contributed by atoms with E-state index in [1.54, 1.807) is 15.7 Å². The molecule has 1 amide bonds. The minimum atomic E-state index is -0.259. The average Bonchev–Trinajstić information content (AvgIpc) is 3.10. The van der Waals surface area contributed by atoms with Crippen LogP contribution in [0, 0.1) is 0 Å². The first-order valence-electron chi connectivity index (χ1n) is 9.07. The maximum Gasteiger partial charge on any atom is 0.271 e. The number of rotatable bonds is 2. The summed E-state index contributed by atoms with van der Waals surface area (Å²) in [5, 5.41) is 3.08. The van der Waals surface area contributed by atoms with Crippen molar-refractivity contribution in [2.24, 2.45) is 0 Å². The van der Waals surface area contributed by atoms with Crippen LogP contribution in [0.3, 0.4) is 0 Å². The average molecular weight is 345 g/mol. The van der Waals surface area contributed by atoms with E-state index < -0.39 is 0 Å². The van der Waals surface area contributed by atoms with E-state index in [9.17, 15) is 9.59 Å². The van der Waals surface area contributed by atoms with Crippen molar-refractivity contribution in [2.45, 2.75) is 70.3 Å². The topological polar surface area (TPSA) is 63.5 Å². The highest BCUT2D eigenvalue weighted by Gasteiger charge is 2.23. The van der Waals surface area contributed by atoms with Gasteiger partial charge in [0.25, 0.3) is 11.5 Å². The van der Waals surface area contributed by atoms with Crippen LogP contribution < -0.4 is 10.9 Å². The fourth-order valence-corrected chi connectivity index (χ4v) is 5.09. The highest BCUT2D eigenvalue weighted by Crippen LogP contribution is 2.29. The molecule has 0 spiro atoms. The zero-order valence-electron chi connectivity index (χ0n) is 13.8. The molecular formula is C18H23N3O2S. The molecule has 2 aliphatic rings. The molecule has 0 aliphatic heterocycles. The number of hydrogen-bond donors (Lipinski definition) is 1. The van der Waals surface area contributed by atoms with Crippen LogP contribution in [0.4, 0.5) is 0 Å². The van der Waals surface area contributed by atoms with Crippen molar-refractivity contribution < 1.29 is 4.79 Å². The highest BCUT2D eigenvalue weighted by molar-refractivity contribution is 7.17. The van der Waals surface area contributed by atoms with Gasteiger partial charge in [-0.05, 0) is 32.1 Å². The third kappa shape index (κ3) is 2.88. The van der Waals surface area contributed by atoms with Crippen molar-refractivity contribution in [3.63, 3.8) is 0 Å². The zero-order chi connectivity index (χ0) is 16.5. The summed E-state index contributed by atoms with van der Waals surface area (Å²) in [6, 6.07) is 0.186. The molecular weight excluding hydrogens is 322 g/mol. The molecule has 0 aromatic carbocycles. The second kappa shape index (κ2) is 6.67. The Bertz CT molecular complexity index is 816. The van der Waals surface area contributed by atoms with Crippen molar-refractivity contribution in [2.75, 3.05) is 0 Å². The predicted molar refractivity (Wildman–Crippen MR) is 94.9 cm³/mol. The lowest BCUT2D eigenvalue weighted by Gasteiger charge is -2.20. The molecule has 1 N–H and O–H groups in total. The number of hydrogen-bond acceptors (Lipinski definition) is 4. The lowest BCUT2D eigenvalue weighted by Crippen LogP contribution is -2.38. The lowest BCUT2D eigenvalue weighted by molar-refractivity contribution is 0.0928. The van der Waals surface area contributed by atoms with Gasteiger partial charge in [-0.3, -0.25) is 14.0 Å². The van der Waals surface area contributed by atoms with Crippen LogP contribution in [0.2, 0.25) is 0 Å². The number of aromatic nitrogens is 2. The summed E-state index contributed by atoms with van der Waals surface area (Å²) in [4.78, 5) is 31.8. The Kier molecular flexibility index (Phi) is 4.39. The monoisotopic (exact) mass is 345 g/mol. The molecule has 0 radical (unpaired) electrons. The minimum Gasteiger partial charge on any atom is -0.349 e. The number of carbonyl (C=O) groups excluding carboxylic acids is 1. The van der Waals surface area contributed by atoms with Gasteiger partial charge in [0.05, 0.1) is 0 Å². The van der Waals surface area contributed by atoms with Gasteiger partial charge in [-0.15, -0.1) is 11.3 Å². The third-order valence-corrected chi connectivity index (χ3v) is 6.39. The second-order valence-electron chi connectivity index (χ2n) is 6.94. The molecule has 2 aromatic heterocycles. The van der Waals surface area contributed by atoms with Gasteiger partial charge in [-0.1, -0.05) is 32.1 Å². The summed E-state index contributed by atoms with van der Waals surface area (Å²) < 4.78 is 1.67. The molecule has 24 heavy (non-hydrogen) atoms. The van der Waals surface area contributed by atoms with E-state index in [0.717, 1.165) is 50.6 Å². The normalized spacial score (nSPS) is 19.0. The summed E-state index contributed by atoms with van der Waals surface area (Å²) in [6.07, 6.45) is 12.6. The Hall–Kier alpha value is -1.69. The van der Waals surface area contributed by atoms with E-state index in [1.165, 1.54) is 30.3 Å². The number of thiazole rings is 1. The quantitative estimate of drug-likeness (QED) is 0.910. The van der Waals surface area contributed by atoms with Crippen LogP contribution in [0.1, 0.15) is 72.3 Å². The predicted octanol–water partition coefficient (Wildman–Crippen LogP) is 3.09. The molecule has 2 aliphatic carbocycles. The summed E-state index contributed by atoms with van der Waals surface area (Å²) in [5.74, 6) is -0.259. The van der Waals surface area contributed by atoms with E-state index in [0.29, 0.717) is 4.96 Å². The van der Waals surface area contributed by atoms with Crippen LogP contribution in [0.25, 0.3) is 4.96 Å². The van der Waals surface area contributed by atoms with Crippen LogP contribution >= 0.6 is 11.3 Å². The van der Waals surface area contributed by atoms with E-state index in [-0.39, 0.29) is 23.1 Å². The van der Waals surface area contributed by atoms with Gasteiger partial charge in [0.2, 0.25) is 0 Å². The molecule has 6 heteroatoms. The Labute approximate surface area is 145 Å². The third-order valence-electron chi connectivity index (χ3n) is 5.24. The van der Waals surface area contributed by atoms with Crippen molar-refractivity contribution >= 4 is 22.2 Å². The summed E-state index contributed by atoms with van der Waals surface area (Å²) in [6.45, 7) is 0. The molecule has 5 nitrogen and oxygen atoms in total. The highest BCUT2D eigenvalue weighted by atomic mass is 32.1. The van der Waals surface area contributed by atoms with E-state index in [1.807, 2.05) is 0 Å². The number of fused-ring (bicyclic) bond motifs is 3. The number of nitrogens with zero attached hydrogens (tertiary/aromatic N) is 2. The largest absolute Gasteiger partial charge is 0.349 e. The SMILES string of the molecule is O=C(NC1CCCCCCC1)c1cnc2sc3c(n2c1=O)CCC3. The molecule has 4 rings (SSSR count). The van der Waals surface area contributed by atoms with Crippen molar-refractivity contribution in [1.82, 2.24) is 14.7 Å². The van der Waals surface area contributed by atoms with Crippen molar-refractivity contribution in [3.8, 4) is 0 Å². The molecule has 1 fully saturated rings. The van der Waals surface area contributed by atoms with Crippen molar-refractivity contribution in [1.29, 1.82) is 0 Å². The number of amides is 1. The van der Waals surface area contributed by atoms with E-state index in [4.69, 9.17) is 0 Å². The molecule has 128 valence electrons. The second-order valence-corrected chi connectivity index (χ2v) is 8.00. The standard InChI is InChI=1S/C18H23N3O2S/c22-16(20-12-7-4-2-1-3-5-8-12)13-11-19-18-21(17(13)23)14-9-6-10-15(14)24-18/h11-12H,1-10H2,(H,20,22). The van der Waals surface area contributed by atoms with E-state index >= 15 is 0 Å². The van der Waals surface area contributed by atoms with Gasteiger partial charge in [0, 0.05) is 22.8 Å². The maximum atomic E-state index is 12.8. The zero-order valence-corrected chi connectivity index (χ0v) is 14.7. The number of nitrogens with one attached hydrogen (secondary N) is 1. The van der Waals surface area contributed by atoms with Gasteiger partial charge < -0.3 is 5.32 Å². The lowest BCUT2D eigenvalue weighted by atomic mass is 9.96. The first-order valence-corrected chi connectivity index (χ1v) is 9.89. The van der Waals surface area contributed by atoms with Gasteiger partial charge >= 0.3 is 0 Å². The van der Waals surface area contributed by atoms with Gasteiger partial charge in [-0.25, -0.2) is 4.98 Å². The Balaban J connectivity index is 1.60. The van der Waals surface area contributed by atoms with Gasteiger partial charge in [-0.2, -0.15) is 0 Å². The first-order chi connectivity index (χ1) is 11.7. The van der Waals surface area contributed by atoms with Crippen LogP contribution in [-0.2, 0) is 12.8 Å². The Morgan fingerprint density at radius 3 is 2.67 bits per heavy atom. The molecule has 0 saturated heterocycles. The molecule has 2 heterocycles. The molecule has 0 atom stereocenters. The Morgan fingerprint density at radius 2 is 1.88 bits per heavy atom. The summed E-state index contributed by atoms with van der Waals surface area (Å²) in [7, 11) is 0. The fourth-order valence-electron chi connectivity index (χ4n) is 3.93. The molecule has 2 aromatic rings. The minimum absolute atomic E-state index is 0.182. The number of carbonyl (C=O) groups is 1. The maximum absolute atomic E-state index is 12.8. The summed E-state index contributed by atoms with van der Waals surface area (Å²) in [5.41, 5.74) is 1.04. The van der Waals surface area contributed by atoms with Gasteiger partial charge in [0.15, 0.2) is 4.96 Å². The van der Waals surface area contributed by atoms with Crippen molar-refractivity contribution in [3.05, 3.63) is 32.7 Å². The Morgan fingerprint density at radius 1 is 1.12 bits per heavy atom. The van der Waals surface area contributed by atoms with Crippen LogP contribution in [0.5, 0.6) is 0 Å².